The molecule has 11 heteroatoms. The van der Waals surface area contributed by atoms with E-state index >= 15 is 0 Å². The second-order valence-electron chi connectivity index (χ2n) is 6.75. The fraction of sp³-hybridized carbons (Fsp3) is 0.500. The summed E-state index contributed by atoms with van der Waals surface area (Å²) in [6, 6.07) is 0.271. The van der Waals surface area contributed by atoms with E-state index in [1.807, 2.05) is 0 Å². The van der Waals surface area contributed by atoms with Crippen molar-refractivity contribution in [3.63, 3.8) is 0 Å². The maximum atomic E-state index is 12.7. The molecule has 1 N–H and O–H groups in total. The zero-order valence-electron chi connectivity index (χ0n) is 14.6. The van der Waals surface area contributed by atoms with Crippen molar-refractivity contribution in [3.8, 4) is 0 Å². The standard InChI is InChI=1S/C16H18N2O7S2/c1-15(2)9(12(22)23)18-13(24)16(25-3,14(18)27-15)17-10(19)8(11(20)21)7-4-5-26-6-7/h4-6,8-9,14H,1-3H3,(H,17,19)(H,20,21)(H,22,23)/p-2/t8?,9?,14-,16+/m1/s1. The Balaban J connectivity index is 1.89. The predicted octanol–water partition coefficient (Wildman–Crippen LogP) is -2.15. The minimum Gasteiger partial charge on any atom is -0.549 e. The molecule has 2 saturated heterocycles. The smallest absolute Gasteiger partial charge is 0.280 e. The normalized spacial score (nSPS) is 29.6. The molecule has 3 rings (SSSR count). The maximum Gasteiger partial charge on any atom is 0.280 e. The van der Waals surface area contributed by atoms with Crippen molar-refractivity contribution in [2.45, 2.75) is 41.7 Å². The van der Waals surface area contributed by atoms with Gasteiger partial charge < -0.3 is 34.8 Å². The highest BCUT2D eigenvalue weighted by molar-refractivity contribution is 8.01. The van der Waals surface area contributed by atoms with Crippen molar-refractivity contribution in [3.05, 3.63) is 22.4 Å². The molecule has 146 valence electrons. The summed E-state index contributed by atoms with van der Waals surface area (Å²) in [6.45, 7) is 3.28. The molecule has 2 aliphatic rings. The van der Waals surface area contributed by atoms with Crippen LogP contribution in [0.2, 0.25) is 0 Å². The first kappa shape index (κ1) is 19.6. The summed E-state index contributed by atoms with van der Waals surface area (Å²) in [5.41, 5.74) is -1.63. The average molecular weight is 412 g/mol. The second kappa shape index (κ2) is 6.50. The van der Waals surface area contributed by atoms with E-state index in [2.05, 4.69) is 5.32 Å². The minimum atomic E-state index is -1.85. The Morgan fingerprint density at radius 2 is 2.00 bits per heavy atom. The number of carbonyl (C=O) groups is 4. The summed E-state index contributed by atoms with van der Waals surface area (Å²) in [4.78, 5) is 49.4. The Morgan fingerprint density at radius 3 is 2.48 bits per heavy atom. The molecule has 1 aromatic heterocycles. The van der Waals surface area contributed by atoms with Crippen LogP contribution < -0.4 is 15.5 Å². The Labute approximate surface area is 162 Å². The quantitative estimate of drug-likeness (QED) is 0.317. The molecule has 0 saturated carbocycles. The molecule has 0 radical (unpaired) electrons. The van der Waals surface area contributed by atoms with E-state index < -0.39 is 51.6 Å². The van der Waals surface area contributed by atoms with Crippen molar-refractivity contribution in [1.29, 1.82) is 0 Å². The highest BCUT2D eigenvalue weighted by Gasteiger charge is 2.72. The largest absolute Gasteiger partial charge is 0.549 e. The van der Waals surface area contributed by atoms with Gasteiger partial charge in [0.25, 0.3) is 11.6 Å². The van der Waals surface area contributed by atoms with Crippen LogP contribution in [0.1, 0.15) is 25.3 Å². The van der Waals surface area contributed by atoms with Gasteiger partial charge in [-0.05, 0) is 36.2 Å². The van der Waals surface area contributed by atoms with Crippen molar-refractivity contribution < 1.29 is 34.1 Å². The maximum absolute atomic E-state index is 12.7. The zero-order valence-corrected chi connectivity index (χ0v) is 16.2. The van der Waals surface area contributed by atoms with Gasteiger partial charge in [-0.1, -0.05) is 0 Å². The number of nitrogens with one attached hydrogen (secondary N) is 1. The number of ether oxygens (including phenoxy) is 1. The first-order chi connectivity index (χ1) is 12.6. The van der Waals surface area contributed by atoms with Crippen molar-refractivity contribution >= 4 is 46.9 Å². The second-order valence-corrected chi connectivity index (χ2v) is 9.26. The van der Waals surface area contributed by atoms with E-state index in [9.17, 15) is 29.4 Å². The number of hydrogen-bond acceptors (Lipinski definition) is 9. The Bertz CT molecular complexity index is 810. The summed E-state index contributed by atoms with van der Waals surface area (Å²) in [6.07, 6.45) is 0. The number of nitrogens with zero attached hydrogens (tertiary/aromatic N) is 1. The highest BCUT2D eigenvalue weighted by atomic mass is 32.2. The summed E-state index contributed by atoms with van der Waals surface area (Å²) in [5.74, 6) is -6.39. The van der Waals surface area contributed by atoms with Crippen LogP contribution in [0.15, 0.2) is 16.8 Å². The number of fused-ring (bicyclic) bond motifs is 1. The number of rotatable bonds is 6. The molecule has 2 unspecified atom stereocenters. The van der Waals surface area contributed by atoms with Gasteiger partial charge in [0.15, 0.2) is 0 Å². The molecular formula is C16H16N2O7S2-2. The first-order valence-corrected chi connectivity index (χ1v) is 9.70. The lowest BCUT2D eigenvalue weighted by atomic mass is 9.92. The molecule has 3 heterocycles. The van der Waals surface area contributed by atoms with Gasteiger partial charge in [-0.15, -0.1) is 11.8 Å². The number of aliphatic carboxylic acids is 2. The van der Waals surface area contributed by atoms with Gasteiger partial charge in [0.1, 0.15) is 11.3 Å². The topological polar surface area (TPSA) is 139 Å². The number of carboxylic acid groups (broad SMARTS) is 2. The van der Waals surface area contributed by atoms with Crippen molar-refractivity contribution in [2.24, 2.45) is 0 Å². The molecule has 2 amide bonds. The summed E-state index contributed by atoms with van der Waals surface area (Å²) in [5, 5.41) is 27.6. The van der Waals surface area contributed by atoms with Gasteiger partial charge in [-0.25, -0.2) is 0 Å². The van der Waals surface area contributed by atoms with Gasteiger partial charge in [0, 0.05) is 11.9 Å². The lowest BCUT2D eigenvalue weighted by molar-refractivity contribution is -0.314. The van der Waals surface area contributed by atoms with Gasteiger partial charge in [0.05, 0.1) is 18.0 Å². The number of carboxylic acids is 2. The minimum absolute atomic E-state index is 0.222. The van der Waals surface area contributed by atoms with Gasteiger partial charge in [-0.3, -0.25) is 9.59 Å². The third-order valence-corrected chi connectivity index (χ3v) is 7.05. The Hall–Kier alpha value is -2.11. The molecule has 4 atom stereocenters. The van der Waals surface area contributed by atoms with E-state index in [4.69, 9.17) is 4.74 Å². The monoisotopic (exact) mass is 412 g/mol. The van der Waals surface area contributed by atoms with E-state index in [0.29, 0.717) is 0 Å². The molecule has 27 heavy (non-hydrogen) atoms. The first-order valence-electron chi connectivity index (χ1n) is 7.88. The molecule has 2 fully saturated rings. The Kier molecular flexibility index (Phi) is 4.73. The lowest BCUT2D eigenvalue weighted by Gasteiger charge is -2.52. The summed E-state index contributed by atoms with van der Waals surface area (Å²) >= 11 is 2.34. The SMILES string of the molecule is CO[C@@]1(NC(=O)C(C(=O)[O-])c2ccsc2)C(=O)N2C(C(=O)[O-])C(C)(C)S[C@@H]21. The molecule has 0 aromatic carbocycles. The number of methoxy groups -OCH3 is 1. The third-order valence-electron chi connectivity index (χ3n) is 4.73. The van der Waals surface area contributed by atoms with E-state index in [1.54, 1.807) is 19.2 Å². The molecule has 1 aromatic rings. The average Bonchev–Trinajstić information content (AvgIpc) is 3.16. The van der Waals surface area contributed by atoms with Crippen LogP contribution in [0.4, 0.5) is 0 Å². The fourth-order valence-electron chi connectivity index (χ4n) is 3.45. The Morgan fingerprint density at radius 1 is 1.33 bits per heavy atom. The molecular weight excluding hydrogens is 396 g/mol. The van der Waals surface area contributed by atoms with E-state index in [0.717, 1.165) is 16.7 Å². The van der Waals surface area contributed by atoms with Crippen molar-refractivity contribution in [2.75, 3.05) is 7.11 Å². The fourth-order valence-corrected chi connectivity index (χ4v) is 5.81. The van der Waals surface area contributed by atoms with Gasteiger partial charge in [0.2, 0.25) is 5.91 Å². The van der Waals surface area contributed by atoms with E-state index in [1.165, 1.54) is 29.9 Å². The number of thiophene rings is 1. The number of hydrogen-bond donors (Lipinski definition) is 1. The predicted molar refractivity (Wildman–Crippen MR) is 91.0 cm³/mol. The van der Waals surface area contributed by atoms with Crippen molar-refractivity contribution in [1.82, 2.24) is 10.2 Å². The van der Waals surface area contributed by atoms with Crippen LogP contribution in [0, 0.1) is 0 Å². The van der Waals surface area contributed by atoms with Crippen LogP contribution in [0.5, 0.6) is 0 Å². The van der Waals surface area contributed by atoms with Crippen LogP contribution in [0.3, 0.4) is 0 Å². The number of amides is 2. The molecule has 2 aliphatic heterocycles. The van der Waals surface area contributed by atoms with E-state index in [-0.39, 0.29) is 5.56 Å². The summed E-state index contributed by atoms with van der Waals surface area (Å²) in [7, 11) is 1.19. The molecule has 0 bridgehead atoms. The molecule has 0 spiro atoms. The van der Waals surface area contributed by atoms with Crippen LogP contribution in [-0.4, -0.2) is 57.7 Å². The lowest BCUT2D eigenvalue weighted by Crippen LogP contribution is -2.81. The van der Waals surface area contributed by atoms with Gasteiger partial charge in [-0.2, -0.15) is 11.3 Å². The third kappa shape index (κ3) is 2.80. The summed E-state index contributed by atoms with van der Waals surface area (Å²) < 4.78 is 4.39. The van der Waals surface area contributed by atoms with Gasteiger partial charge >= 0.3 is 0 Å². The highest BCUT2D eigenvalue weighted by Crippen LogP contribution is 2.54. The zero-order chi connectivity index (χ0) is 20.1. The van der Waals surface area contributed by atoms with Crippen LogP contribution in [0.25, 0.3) is 0 Å². The van der Waals surface area contributed by atoms with Crippen LogP contribution in [-0.2, 0) is 23.9 Å². The molecule has 0 aliphatic carbocycles. The molecule has 9 nitrogen and oxygen atoms in total. The number of thioether (sulfide) groups is 1. The number of carbonyl (C=O) groups excluding carboxylic acids is 4. The van der Waals surface area contributed by atoms with Crippen LogP contribution >= 0.6 is 23.1 Å². The number of β-lactam (4-membered cyclic amide) rings is 1.